The van der Waals surface area contributed by atoms with Crippen molar-refractivity contribution < 1.29 is 27.2 Å². The van der Waals surface area contributed by atoms with Gasteiger partial charge in [0.1, 0.15) is 5.82 Å². The third kappa shape index (κ3) is 5.12. The van der Waals surface area contributed by atoms with Gasteiger partial charge in [0, 0.05) is 17.4 Å². The maximum absolute atomic E-state index is 13.5. The number of alkyl halides is 3. The molecule has 0 radical (unpaired) electrons. The lowest BCUT2D eigenvalue weighted by atomic mass is 10.1. The number of nitrogens with one attached hydrogen (secondary N) is 2. The Morgan fingerprint density at radius 3 is 2.33 bits per heavy atom. The highest BCUT2D eigenvalue weighted by molar-refractivity contribution is 6.34. The smallest absolute Gasteiger partial charge is 0.322 e. The summed E-state index contributed by atoms with van der Waals surface area (Å²) in [5.41, 5.74) is -1.32. The lowest BCUT2D eigenvalue weighted by Crippen LogP contribution is -2.16. The summed E-state index contributed by atoms with van der Waals surface area (Å²) < 4.78 is 52.1. The molecule has 2 amide bonds. The summed E-state index contributed by atoms with van der Waals surface area (Å²) in [7, 11) is 0. The number of rotatable bonds is 4. The fraction of sp³-hybridized carbons (Fsp3) is 0.0500. The van der Waals surface area contributed by atoms with Crippen LogP contribution in [0.1, 0.15) is 26.3 Å². The number of pyridine rings is 1. The van der Waals surface area contributed by atoms with Crippen molar-refractivity contribution in [2.45, 2.75) is 6.18 Å². The summed E-state index contributed by atoms with van der Waals surface area (Å²) >= 11 is 6.04. The number of aromatic nitrogens is 1. The molecule has 0 saturated heterocycles. The molecule has 154 valence electrons. The Balaban J connectivity index is 1.82. The molecule has 0 fully saturated rings. The number of hydrogen-bond donors (Lipinski definition) is 2. The molecule has 30 heavy (non-hydrogen) atoms. The summed E-state index contributed by atoms with van der Waals surface area (Å²) in [5.74, 6) is -2.78. The predicted octanol–water partition coefficient (Wildman–Crippen LogP) is 5.40. The Bertz CT molecular complexity index is 1100. The molecule has 2 N–H and O–H groups in total. The van der Waals surface area contributed by atoms with Gasteiger partial charge in [0.25, 0.3) is 11.8 Å². The second kappa shape index (κ2) is 8.50. The minimum Gasteiger partial charge on any atom is -0.322 e. The molecule has 2 aromatic carbocycles. The molecule has 3 aromatic rings. The third-order valence-electron chi connectivity index (χ3n) is 3.88. The zero-order valence-electron chi connectivity index (χ0n) is 14.9. The lowest BCUT2D eigenvalue weighted by molar-refractivity contribution is -0.137. The minimum atomic E-state index is -4.81. The number of anilines is 2. The normalized spacial score (nSPS) is 11.1. The van der Waals surface area contributed by atoms with Gasteiger partial charge in [0.05, 0.1) is 28.0 Å². The van der Waals surface area contributed by atoms with Gasteiger partial charge in [-0.3, -0.25) is 14.6 Å². The van der Waals surface area contributed by atoms with Crippen molar-refractivity contribution in [3.63, 3.8) is 0 Å². The Morgan fingerprint density at radius 2 is 1.67 bits per heavy atom. The number of benzene rings is 2. The molecule has 0 aliphatic rings. The number of amides is 2. The number of hydrogen-bond acceptors (Lipinski definition) is 3. The number of carbonyl (C=O) groups excluding carboxylic acids is 2. The van der Waals surface area contributed by atoms with Crippen molar-refractivity contribution in [2.24, 2.45) is 0 Å². The van der Waals surface area contributed by atoms with Crippen molar-refractivity contribution in [3.8, 4) is 0 Å². The minimum absolute atomic E-state index is 0.00791. The van der Waals surface area contributed by atoms with Crippen LogP contribution in [0.2, 0.25) is 5.02 Å². The molecule has 10 heteroatoms. The molecule has 0 unspecified atom stereocenters. The Labute approximate surface area is 172 Å². The summed E-state index contributed by atoms with van der Waals surface area (Å²) in [6, 6.07) is 8.65. The van der Waals surface area contributed by atoms with E-state index in [9.17, 15) is 27.2 Å². The second-order valence-corrected chi connectivity index (χ2v) is 6.48. The van der Waals surface area contributed by atoms with Crippen molar-refractivity contribution in [1.29, 1.82) is 0 Å². The molecule has 0 atom stereocenters. The van der Waals surface area contributed by atoms with Crippen molar-refractivity contribution >= 4 is 34.8 Å². The SMILES string of the molecule is O=C(Nc1ccc(Cl)c(C(=O)Nc2cccnc2)c1)c1cc(F)cc(C(F)(F)F)c1. The van der Waals surface area contributed by atoms with E-state index in [1.807, 2.05) is 0 Å². The molecule has 5 nitrogen and oxygen atoms in total. The van der Waals surface area contributed by atoms with Gasteiger partial charge in [-0.25, -0.2) is 4.39 Å². The van der Waals surface area contributed by atoms with E-state index >= 15 is 0 Å². The molecule has 0 spiro atoms. The first-order chi connectivity index (χ1) is 14.1. The fourth-order valence-corrected chi connectivity index (χ4v) is 2.70. The van der Waals surface area contributed by atoms with E-state index in [1.165, 1.54) is 30.6 Å². The molecule has 3 rings (SSSR count). The number of nitrogens with zero attached hydrogens (tertiary/aromatic N) is 1. The molecule has 0 saturated carbocycles. The van der Waals surface area contributed by atoms with E-state index in [0.717, 1.165) is 0 Å². The first-order valence-electron chi connectivity index (χ1n) is 8.33. The Kier molecular flexibility index (Phi) is 6.02. The fourth-order valence-electron chi connectivity index (χ4n) is 2.50. The van der Waals surface area contributed by atoms with Gasteiger partial charge in [-0.1, -0.05) is 11.6 Å². The van der Waals surface area contributed by atoms with Crippen LogP contribution in [-0.2, 0) is 6.18 Å². The van der Waals surface area contributed by atoms with E-state index in [2.05, 4.69) is 15.6 Å². The molecular formula is C20H12ClF4N3O2. The number of halogens is 5. The summed E-state index contributed by atoms with van der Waals surface area (Å²) in [6.45, 7) is 0. The van der Waals surface area contributed by atoms with Crippen molar-refractivity contribution in [2.75, 3.05) is 10.6 Å². The molecular weight excluding hydrogens is 426 g/mol. The van der Waals surface area contributed by atoms with Crippen LogP contribution in [0.25, 0.3) is 0 Å². The summed E-state index contributed by atoms with van der Waals surface area (Å²) in [6.07, 6.45) is -1.87. The van der Waals surface area contributed by atoms with Gasteiger partial charge in [-0.15, -0.1) is 0 Å². The van der Waals surface area contributed by atoms with Crippen molar-refractivity contribution in [1.82, 2.24) is 4.98 Å². The Morgan fingerprint density at radius 1 is 0.933 bits per heavy atom. The maximum atomic E-state index is 13.5. The van der Waals surface area contributed by atoms with Crippen molar-refractivity contribution in [3.05, 3.63) is 88.5 Å². The molecule has 0 aliphatic carbocycles. The van der Waals surface area contributed by atoms with Crippen LogP contribution in [0.5, 0.6) is 0 Å². The van der Waals surface area contributed by atoms with Gasteiger partial charge in [-0.05, 0) is 48.5 Å². The number of carbonyl (C=O) groups is 2. The first kappa shape index (κ1) is 21.3. The van der Waals surface area contributed by atoms with Crippen LogP contribution in [0, 0.1) is 5.82 Å². The van der Waals surface area contributed by atoms with Gasteiger partial charge >= 0.3 is 6.18 Å². The molecule has 0 aliphatic heterocycles. The zero-order valence-corrected chi connectivity index (χ0v) is 15.7. The van der Waals surface area contributed by atoms with Crippen LogP contribution >= 0.6 is 11.6 Å². The topological polar surface area (TPSA) is 71.1 Å². The standard InChI is InChI=1S/C20H12ClF4N3O2/c21-17-4-3-14(9-16(17)19(30)28-15-2-1-5-26-10-15)27-18(29)11-6-12(20(23,24)25)8-13(22)7-11/h1-10H,(H,27,29)(H,28,30). The van der Waals surface area contributed by atoms with Gasteiger partial charge in [0.2, 0.25) is 0 Å². The van der Waals surface area contributed by atoms with E-state index in [-0.39, 0.29) is 16.3 Å². The van der Waals surface area contributed by atoms with Crippen LogP contribution < -0.4 is 10.6 Å². The summed E-state index contributed by atoms with van der Waals surface area (Å²) in [4.78, 5) is 28.6. The second-order valence-electron chi connectivity index (χ2n) is 6.07. The average molecular weight is 438 g/mol. The molecule has 0 bridgehead atoms. The van der Waals surface area contributed by atoms with Gasteiger partial charge in [0.15, 0.2) is 0 Å². The highest BCUT2D eigenvalue weighted by Crippen LogP contribution is 2.31. The lowest BCUT2D eigenvalue weighted by Gasteiger charge is -2.12. The highest BCUT2D eigenvalue weighted by atomic mass is 35.5. The molecule has 1 heterocycles. The monoisotopic (exact) mass is 437 g/mol. The van der Waals surface area contributed by atoms with Crippen LogP contribution in [-0.4, -0.2) is 16.8 Å². The Hall–Kier alpha value is -3.46. The highest BCUT2D eigenvalue weighted by Gasteiger charge is 2.32. The van der Waals surface area contributed by atoms with E-state index in [4.69, 9.17) is 11.6 Å². The zero-order chi connectivity index (χ0) is 21.9. The first-order valence-corrected chi connectivity index (χ1v) is 8.71. The van der Waals surface area contributed by atoms with Gasteiger partial charge < -0.3 is 10.6 Å². The van der Waals surface area contributed by atoms with Crippen LogP contribution in [0.3, 0.4) is 0 Å². The quantitative estimate of drug-likeness (QED) is 0.537. The third-order valence-corrected chi connectivity index (χ3v) is 4.21. The van der Waals surface area contributed by atoms with Crippen LogP contribution in [0.4, 0.5) is 28.9 Å². The van der Waals surface area contributed by atoms with Crippen LogP contribution in [0.15, 0.2) is 60.9 Å². The van der Waals surface area contributed by atoms with E-state index in [1.54, 1.807) is 12.1 Å². The summed E-state index contributed by atoms with van der Waals surface area (Å²) in [5, 5.41) is 4.98. The van der Waals surface area contributed by atoms with E-state index < -0.39 is 34.9 Å². The van der Waals surface area contributed by atoms with Gasteiger partial charge in [-0.2, -0.15) is 13.2 Å². The predicted molar refractivity (Wildman–Crippen MR) is 103 cm³/mol. The largest absolute Gasteiger partial charge is 0.416 e. The van der Waals surface area contributed by atoms with E-state index in [0.29, 0.717) is 23.9 Å². The average Bonchev–Trinajstić information content (AvgIpc) is 2.69. The maximum Gasteiger partial charge on any atom is 0.416 e. The molecule has 1 aromatic heterocycles.